The average Bonchev–Trinajstić information content (AvgIpc) is 2.26. The van der Waals surface area contributed by atoms with E-state index in [-0.39, 0.29) is 0 Å². The van der Waals surface area contributed by atoms with Gasteiger partial charge in [-0.1, -0.05) is 19.4 Å². The van der Waals surface area contributed by atoms with Gasteiger partial charge in [0, 0.05) is 12.2 Å². The van der Waals surface area contributed by atoms with E-state index in [0.717, 1.165) is 19.4 Å². The van der Waals surface area contributed by atoms with Gasteiger partial charge in [-0.2, -0.15) is 0 Å². The van der Waals surface area contributed by atoms with Crippen molar-refractivity contribution in [2.24, 2.45) is 0 Å². The van der Waals surface area contributed by atoms with Gasteiger partial charge >= 0.3 is 5.97 Å². The number of unbranched alkanes of at least 4 members (excludes halogenated alkanes) is 1. The molecule has 4 nitrogen and oxygen atoms in total. The highest BCUT2D eigenvalue weighted by molar-refractivity contribution is 5.85. The Kier molecular flexibility index (Phi) is 10.1. The molecule has 0 amide bonds. The van der Waals surface area contributed by atoms with Crippen molar-refractivity contribution in [3.05, 3.63) is 11.6 Å². The summed E-state index contributed by atoms with van der Waals surface area (Å²) in [5, 5.41) is 8.58. The van der Waals surface area contributed by atoms with Crippen molar-refractivity contribution < 1.29 is 19.4 Å². The highest BCUT2D eigenvalue weighted by Crippen LogP contribution is 1.95. The number of rotatable bonds is 10. The standard InChI is InChI=1S/C12H22O4/c1-3-4-7-15-9-10-16-8-5-6-11(2)12(13)14/h6H,3-5,7-10H2,1-2H3,(H,13,14)/b11-6+. The first-order valence-corrected chi connectivity index (χ1v) is 5.74. The molecule has 1 N–H and O–H groups in total. The van der Waals surface area contributed by atoms with E-state index in [4.69, 9.17) is 14.6 Å². The Hall–Kier alpha value is -0.870. The summed E-state index contributed by atoms with van der Waals surface area (Å²) in [6.45, 7) is 6.22. The van der Waals surface area contributed by atoms with Crippen LogP contribution in [0.4, 0.5) is 0 Å². The van der Waals surface area contributed by atoms with Crippen LogP contribution in [0.5, 0.6) is 0 Å². The van der Waals surface area contributed by atoms with Gasteiger partial charge in [-0.3, -0.25) is 0 Å². The van der Waals surface area contributed by atoms with Crippen molar-refractivity contribution in [1.29, 1.82) is 0 Å². The van der Waals surface area contributed by atoms with Gasteiger partial charge in [0.1, 0.15) is 0 Å². The zero-order chi connectivity index (χ0) is 12.2. The highest BCUT2D eigenvalue weighted by Gasteiger charge is 1.97. The number of carboxylic acids is 1. The lowest BCUT2D eigenvalue weighted by Gasteiger charge is -2.04. The molecule has 0 aromatic rings. The van der Waals surface area contributed by atoms with Crippen LogP contribution in [0.15, 0.2) is 11.6 Å². The lowest BCUT2D eigenvalue weighted by molar-refractivity contribution is -0.132. The summed E-state index contributed by atoms with van der Waals surface area (Å²) in [6.07, 6.45) is 4.52. The second-order valence-electron chi connectivity index (χ2n) is 3.56. The fourth-order valence-corrected chi connectivity index (χ4v) is 1.01. The second kappa shape index (κ2) is 10.6. The molecule has 0 saturated heterocycles. The molecule has 0 rings (SSSR count). The first-order chi connectivity index (χ1) is 7.68. The molecule has 0 fully saturated rings. The first kappa shape index (κ1) is 15.1. The van der Waals surface area contributed by atoms with E-state index in [1.165, 1.54) is 0 Å². The van der Waals surface area contributed by atoms with E-state index in [2.05, 4.69) is 6.92 Å². The van der Waals surface area contributed by atoms with Crippen LogP contribution in [-0.2, 0) is 14.3 Å². The number of hydrogen-bond donors (Lipinski definition) is 1. The van der Waals surface area contributed by atoms with Crippen LogP contribution in [0.1, 0.15) is 33.1 Å². The second-order valence-corrected chi connectivity index (χ2v) is 3.56. The van der Waals surface area contributed by atoms with E-state index in [0.29, 0.717) is 31.8 Å². The minimum atomic E-state index is -0.872. The quantitative estimate of drug-likeness (QED) is 0.462. The van der Waals surface area contributed by atoms with Crippen molar-refractivity contribution in [2.45, 2.75) is 33.1 Å². The molecule has 0 aliphatic rings. The molecule has 0 unspecified atom stereocenters. The zero-order valence-corrected chi connectivity index (χ0v) is 10.2. The number of ether oxygens (including phenoxy) is 2. The third kappa shape index (κ3) is 9.68. The molecule has 0 aromatic heterocycles. The van der Waals surface area contributed by atoms with Crippen LogP contribution in [-0.4, -0.2) is 37.5 Å². The van der Waals surface area contributed by atoms with E-state index < -0.39 is 5.97 Å². The van der Waals surface area contributed by atoms with E-state index in [9.17, 15) is 4.79 Å². The van der Waals surface area contributed by atoms with E-state index >= 15 is 0 Å². The van der Waals surface area contributed by atoms with Crippen LogP contribution >= 0.6 is 0 Å². The average molecular weight is 230 g/mol. The lowest BCUT2D eigenvalue weighted by Crippen LogP contribution is -2.06. The predicted molar refractivity (Wildman–Crippen MR) is 62.6 cm³/mol. The third-order valence-corrected chi connectivity index (χ3v) is 2.06. The Morgan fingerprint density at radius 3 is 2.38 bits per heavy atom. The van der Waals surface area contributed by atoms with Gasteiger partial charge in [-0.05, 0) is 19.8 Å². The molecule has 0 spiro atoms. The normalized spacial score (nSPS) is 11.8. The van der Waals surface area contributed by atoms with Gasteiger partial charge in [-0.15, -0.1) is 0 Å². The van der Waals surface area contributed by atoms with Crippen LogP contribution < -0.4 is 0 Å². The fourth-order valence-electron chi connectivity index (χ4n) is 1.01. The van der Waals surface area contributed by atoms with Gasteiger partial charge in [-0.25, -0.2) is 4.79 Å². The molecular weight excluding hydrogens is 208 g/mol. The molecule has 0 heterocycles. The Morgan fingerprint density at radius 2 is 1.81 bits per heavy atom. The molecule has 0 saturated carbocycles. The minimum Gasteiger partial charge on any atom is -0.478 e. The summed E-state index contributed by atoms with van der Waals surface area (Å²) in [4.78, 5) is 10.4. The fraction of sp³-hybridized carbons (Fsp3) is 0.750. The van der Waals surface area contributed by atoms with Crippen molar-refractivity contribution >= 4 is 5.97 Å². The van der Waals surface area contributed by atoms with Crippen molar-refractivity contribution in [1.82, 2.24) is 0 Å². The molecule has 4 heteroatoms. The maximum absolute atomic E-state index is 10.4. The van der Waals surface area contributed by atoms with Crippen molar-refractivity contribution in [2.75, 3.05) is 26.4 Å². The number of carbonyl (C=O) groups is 1. The highest BCUT2D eigenvalue weighted by atomic mass is 16.5. The van der Waals surface area contributed by atoms with Gasteiger partial charge in [0.05, 0.1) is 19.8 Å². The smallest absolute Gasteiger partial charge is 0.330 e. The topological polar surface area (TPSA) is 55.8 Å². The molecule has 0 radical (unpaired) electrons. The SMILES string of the molecule is CCCCOCCOCC/C=C(\C)C(=O)O. The predicted octanol–water partition coefficient (Wildman–Crippen LogP) is 2.24. The van der Waals surface area contributed by atoms with Crippen LogP contribution in [0, 0.1) is 0 Å². The Morgan fingerprint density at radius 1 is 1.19 bits per heavy atom. The molecule has 94 valence electrons. The van der Waals surface area contributed by atoms with Gasteiger partial charge in [0.25, 0.3) is 0 Å². The molecule has 0 aromatic carbocycles. The van der Waals surface area contributed by atoms with E-state index in [1.54, 1.807) is 13.0 Å². The maximum Gasteiger partial charge on any atom is 0.330 e. The maximum atomic E-state index is 10.4. The summed E-state index contributed by atoms with van der Waals surface area (Å²) < 4.78 is 10.6. The molecule has 0 atom stereocenters. The lowest BCUT2D eigenvalue weighted by atomic mass is 10.2. The molecular formula is C12H22O4. The Bertz CT molecular complexity index is 211. The van der Waals surface area contributed by atoms with Gasteiger partial charge < -0.3 is 14.6 Å². The molecule has 0 aliphatic carbocycles. The molecule has 0 aliphatic heterocycles. The number of aliphatic carboxylic acids is 1. The monoisotopic (exact) mass is 230 g/mol. The summed E-state index contributed by atoms with van der Waals surface area (Å²) in [6, 6.07) is 0. The Labute approximate surface area is 97.2 Å². The van der Waals surface area contributed by atoms with Gasteiger partial charge in [0.15, 0.2) is 0 Å². The summed E-state index contributed by atoms with van der Waals surface area (Å²) >= 11 is 0. The Balaban J connectivity index is 3.21. The largest absolute Gasteiger partial charge is 0.478 e. The van der Waals surface area contributed by atoms with Crippen LogP contribution in [0.3, 0.4) is 0 Å². The van der Waals surface area contributed by atoms with Crippen molar-refractivity contribution in [3.8, 4) is 0 Å². The number of carboxylic acid groups (broad SMARTS) is 1. The van der Waals surface area contributed by atoms with Crippen LogP contribution in [0.25, 0.3) is 0 Å². The minimum absolute atomic E-state index is 0.364. The number of hydrogen-bond acceptors (Lipinski definition) is 3. The summed E-state index contributed by atoms with van der Waals surface area (Å²) in [5.41, 5.74) is 0.364. The van der Waals surface area contributed by atoms with Crippen molar-refractivity contribution in [3.63, 3.8) is 0 Å². The summed E-state index contributed by atoms with van der Waals surface area (Å²) in [5.74, 6) is -0.872. The third-order valence-electron chi connectivity index (χ3n) is 2.06. The zero-order valence-electron chi connectivity index (χ0n) is 10.2. The van der Waals surface area contributed by atoms with Gasteiger partial charge in [0.2, 0.25) is 0 Å². The van der Waals surface area contributed by atoms with E-state index in [1.807, 2.05) is 0 Å². The molecule has 0 bridgehead atoms. The molecule has 16 heavy (non-hydrogen) atoms. The first-order valence-electron chi connectivity index (χ1n) is 5.74. The van der Waals surface area contributed by atoms with Crippen LogP contribution in [0.2, 0.25) is 0 Å². The summed E-state index contributed by atoms with van der Waals surface area (Å²) in [7, 11) is 0.